The molecule has 1 aliphatic rings. The fourth-order valence-electron chi connectivity index (χ4n) is 3.05. The summed E-state index contributed by atoms with van der Waals surface area (Å²) in [5.41, 5.74) is 0.105. The van der Waals surface area contributed by atoms with Crippen molar-refractivity contribution < 1.29 is 19.2 Å². The lowest BCUT2D eigenvalue weighted by atomic mass is 10.1. The highest BCUT2D eigenvalue weighted by Gasteiger charge is 2.24. The number of anilines is 1. The molecule has 1 aliphatic carbocycles. The number of nitrogens with zero attached hydrogens (tertiary/aromatic N) is 1. The first-order chi connectivity index (χ1) is 12.4. The van der Waals surface area contributed by atoms with E-state index in [1.807, 2.05) is 0 Å². The number of nitrogens with one attached hydrogen (secondary N) is 2. The number of carbonyl (C=O) groups excluding carboxylic acids is 2. The van der Waals surface area contributed by atoms with Crippen LogP contribution in [0.1, 0.15) is 55.8 Å². The maximum Gasteiger partial charge on any atom is 0.339 e. The molecule has 0 saturated heterocycles. The number of hydrogen-bond acceptors (Lipinski definition) is 6. The Kier molecular flexibility index (Phi) is 6.94. The zero-order valence-corrected chi connectivity index (χ0v) is 15.1. The summed E-state index contributed by atoms with van der Waals surface area (Å²) in [6.45, 7) is 1.50. The fraction of sp³-hybridized carbons (Fsp3) is 0.556. The van der Waals surface area contributed by atoms with E-state index in [-0.39, 0.29) is 23.2 Å². The maximum atomic E-state index is 12.3. The van der Waals surface area contributed by atoms with Gasteiger partial charge in [-0.1, -0.05) is 25.7 Å². The summed E-state index contributed by atoms with van der Waals surface area (Å²) in [6.07, 6.45) is 5.43. The zero-order valence-electron chi connectivity index (χ0n) is 15.1. The van der Waals surface area contributed by atoms with E-state index in [1.54, 1.807) is 7.05 Å². The van der Waals surface area contributed by atoms with E-state index >= 15 is 0 Å². The Morgan fingerprint density at radius 3 is 2.46 bits per heavy atom. The lowest BCUT2D eigenvalue weighted by molar-refractivity contribution is -0.384. The van der Waals surface area contributed by atoms with E-state index in [4.69, 9.17) is 4.74 Å². The van der Waals surface area contributed by atoms with Gasteiger partial charge in [0.15, 0.2) is 6.10 Å². The van der Waals surface area contributed by atoms with Gasteiger partial charge in [0.2, 0.25) is 0 Å². The van der Waals surface area contributed by atoms with Crippen LogP contribution < -0.4 is 10.6 Å². The second kappa shape index (κ2) is 9.17. The third kappa shape index (κ3) is 5.18. The molecule has 1 aromatic rings. The molecule has 8 heteroatoms. The van der Waals surface area contributed by atoms with Crippen molar-refractivity contribution in [2.24, 2.45) is 0 Å². The van der Waals surface area contributed by atoms with E-state index in [2.05, 4.69) is 10.6 Å². The monoisotopic (exact) mass is 363 g/mol. The van der Waals surface area contributed by atoms with Gasteiger partial charge >= 0.3 is 5.97 Å². The van der Waals surface area contributed by atoms with Crippen LogP contribution in [-0.2, 0) is 9.53 Å². The highest BCUT2D eigenvalue weighted by atomic mass is 16.6. The average Bonchev–Trinajstić information content (AvgIpc) is 2.89. The molecule has 8 nitrogen and oxygen atoms in total. The van der Waals surface area contributed by atoms with Gasteiger partial charge < -0.3 is 15.4 Å². The van der Waals surface area contributed by atoms with E-state index in [9.17, 15) is 19.7 Å². The van der Waals surface area contributed by atoms with Crippen molar-refractivity contribution in [3.63, 3.8) is 0 Å². The summed E-state index contributed by atoms with van der Waals surface area (Å²) in [7, 11) is 1.56. The normalized spacial score (nSPS) is 16.2. The molecule has 0 radical (unpaired) electrons. The quantitative estimate of drug-likeness (QED) is 0.348. The van der Waals surface area contributed by atoms with Crippen LogP contribution in [0.25, 0.3) is 0 Å². The molecule has 1 atom stereocenters. The first-order valence-electron chi connectivity index (χ1n) is 8.90. The van der Waals surface area contributed by atoms with Crippen molar-refractivity contribution in [3.05, 3.63) is 33.9 Å². The number of rotatable bonds is 6. The topological polar surface area (TPSA) is 111 Å². The number of amides is 1. The summed E-state index contributed by atoms with van der Waals surface area (Å²) in [6, 6.07) is 4.12. The molecular formula is C18H25N3O5. The Hall–Kier alpha value is -2.64. The maximum absolute atomic E-state index is 12.3. The standard InChI is InChI=1S/C18H25N3O5/c1-12(17(22)20-14-7-5-3-4-6-8-14)26-18(23)13-9-10-15(19-2)16(11-13)21(24)25/h9-12,14,19H,3-8H2,1-2H3,(H,20,22)/t12-/m1/s1. The molecule has 2 N–H and O–H groups in total. The van der Waals surface area contributed by atoms with Gasteiger partial charge in [-0.25, -0.2) is 4.79 Å². The number of ether oxygens (including phenoxy) is 1. The van der Waals surface area contributed by atoms with Crippen LogP contribution in [0.4, 0.5) is 11.4 Å². The molecular weight excluding hydrogens is 338 g/mol. The van der Waals surface area contributed by atoms with Gasteiger partial charge in [0, 0.05) is 19.2 Å². The summed E-state index contributed by atoms with van der Waals surface area (Å²) >= 11 is 0. The van der Waals surface area contributed by atoms with Crippen LogP contribution in [0.2, 0.25) is 0 Å². The Morgan fingerprint density at radius 2 is 1.88 bits per heavy atom. The number of benzene rings is 1. The van der Waals surface area contributed by atoms with Crippen molar-refractivity contribution in [2.75, 3.05) is 12.4 Å². The van der Waals surface area contributed by atoms with Crippen LogP contribution >= 0.6 is 0 Å². The van der Waals surface area contributed by atoms with Crippen molar-refractivity contribution in [3.8, 4) is 0 Å². The molecule has 0 spiro atoms. The molecule has 0 aromatic heterocycles. The summed E-state index contributed by atoms with van der Waals surface area (Å²) in [5.74, 6) is -1.11. The minimum absolute atomic E-state index is 0.0322. The lowest BCUT2D eigenvalue weighted by Gasteiger charge is -2.19. The molecule has 0 bridgehead atoms. The van der Waals surface area contributed by atoms with E-state index in [0.717, 1.165) is 31.7 Å². The third-order valence-corrected chi connectivity index (χ3v) is 4.55. The lowest BCUT2D eigenvalue weighted by Crippen LogP contribution is -2.41. The molecule has 1 fully saturated rings. The van der Waals surface area contributed by atoms with Gasteiger partial charge in [0.1, 0.15) is 5.69 Å². The molecule has 1 amide bonds. The summed E-state index contributed by atoms with van der Waals surface area (Å²) in [4.78, 5) is 35.0. The van der Waals surface area contributed by atoms with Gasteiger partial charge in [-0.15, -0.1) is 0 Å². The van der Waals surface area contributed by atoms with Crippen molar-refractivity contribution in [2.45, 2.75) is 57.6 Å². The number of nitro groups is 1. The zero-order chi connectivity index (χ0) is 19.1. The van der Waals surface area contributed by atoms with E-state index in [1.165, 1.54) is 31.9 Å². The molecule has 1 saturated carbocycles. The van der Waals surface area contributed by atoms with Crippen molar-refractivity contribution in [1.29, 1.82) is 0 Å². The second-order valence-electron chi connectivity index (χ2n) is 6.48. The third-order valence-electron chi connectivity index (χ3n) is 4.55. The minimum Gasteiger partial charge on any atom is -0.449 e. The molecule has 0 aliphatic heterocycles. The number of carbonyl (C=O) groups is 2. The van der Waals surface area contributed by atoms with Crippen LogP contribution in [-0.4, -0.2) is 36.0 Å². The number of esters is 1. The Morgan fingerprint density at radius 1 is 1.23 bits per heavy atom. The van der Waals surface area contributed by atoms with Crippen LogP contribution in [0, 0.1) is 10.1 Å². The Bertz CT molecular complexity index is 669. The SMILES string of the molecule is CNc1ccc(C(=O)O[C@H](C)C(=O)NC2CCCCCC2)cc1[N+](=O)[O-]. The van der Waals surface area contributed by atoms with E-state index in [0.29, 0.717) is 5.69 Å². The van der Waals surface area contributed by atoms with Crippen molar-refractivity contribution in [1.82, 2.24) is 5.32 Å². The Labute approximate surface area is 152 Å². The minimum atomic E-state index is -0.964. The first-order valence-corrected chi connectivity index (χ1v) is 8.90. The fourth-order valence-corrected chi connectivity index (χ4v) is 3.05. The van der Waals surface area contributed by atoms with Gasteiger partial charge in [0.25, 0.3) is 11.6 Å². The Balaban J connectivity index is 1.98. The van der Waals surface area contributed by atoms with Gasteiger partial charge in [0.05, 0.1) is 10.5 Å². The number of hydrogen-bond donors (Lipinski definition) is 2. The van der Waals surface area contributed by atoms with Crippen LogP contribution in [0.5, 0.6) is 0 Å². The van der Waals surface area contributed by atoms with Gasteiger partial charge in [-0.3, -0.25) is 14.9 Å². The average molecular weight is 363 g/mol. The number of nitro benzene ring substituents is 1. The van der Waals surface area contributed by atoms with Crippen LogP contribution in [0.3, 0.4) is 0 Å². The predicted molar refractivity (Wildman–Crippen MR) is 97.2 cm³/mol. The summed E-state index contributed by atoms with van der Waals surface area (Å²) < 4.78 is 5.19. The molecule has 142 valence electrons. The molecule has 0 unspecified atom stereocenters. The van der Waals surface area contributed by atoms with Crippen molar-refractivity contribution >= 4 is 23.3 Å². The second-order valence-corrected chi connectivity index (χ2v) is 6.48. The smallest absolute Gasteiger partial charge is 0.339 e. The van der Waals surface area contributed by atoms with Crippen LogP contribution in [0.15, 0.2) is 18.2 Å². The summed E-state index contributed by atoms with van der Waals surface area (Å²) in [5, 5.41) is 16.7. The molecule has 2 rings (SSSR count). The van der Waals surface area contributed by atoms with E-state index < -0.39 is 17.0 Å². The van der Waals surface area contributed by atoms with Gasteiger partial charge in [-0.05, 0) is 31.9 Å². The highest BCUT2D eigenvalue weighted by molar-refractivity contribution is 5.93. The largest absolute Gasteiger partial charge is 0.449 e. The highest BCUT2D eigenvalue weighted by Crippen LogP contribution is 2.25. The van der Waals surface area contributed by atoms with Gasteiger partial charge in [-0.2, -0.15) is 0 Å². The molecule has 0 heterocycles. The molecule has 1 aromatic carbocycles. The predicted octanol–water partition coefficient (Wildman–Crippen LogP) is 3.02. The molecule has 26 heavy (non-hydrogen) atoms. The first kappa shape index (κ1) is 19.7.